The van der Waals surface area contributed by atoms with Crippen LogP contribution in [0.25, 0.3) is 0 Å². The molecule has 1 saturated heterocycles. The summed E-state index contributed by atoms with van der Waals surface area (Å²) in [6, 6.07) is 0. The van der Waals surface area contributed by atoms with Crippen molar-refractivity contribution in [1.82, 2.24) is 25.6 Å². The highest BCUT2D eigenvalue weighted by Crippen LogP contribution is 2.18. The van der Waals surface area contributed by atoms with Crippen LogP contribution in [0.5, 0.6) is 0 Å². The molecule has 2 aromatic rings. The average molecular weight is 277 g/mol. The fourth-order valence-electron chi connectivity index (χ4n) is 2.52. The van der Waals surface area contributed by atoms with Crippen molar-refractivity contribution in [1.29, 1.82) is 0 Å². The van der Waals surface area contributed by atoms with Crippen molar-refractivity contribution < 1.29 is 9.05 Å². The molecule has 0 amide bonds. The summed E-state index contributed by atoms with van der Waals surface area (Å²) < 4.78 is 10.2. The van der Waals surface area contributed by atoms with E-state index in [1.807, 2.05) is 0 Å². The van der Waals surface area contributed by atoms with Crippen molar-refractivity contribution in [3.05, 3.63) is 23.4 Å². The Kier molecular flexibility index (Phi) is 4.05. The quantitative estimate of drug-likeness (QED) is 0.880. The number of rotatable bonds is 5. The number of nitrogens with zero attached hydrogens (tertiary/aromatic N) is 4. The molecule has 0 unspecified atom stereocenters. The molecule has 108 valence electrons. The normalized spacial score (nSPS) is 16.6. The average Bonchev–Trinajstić information content (AvgIpc) is 3.08. The first-order valence-corrected chi connectivity index (χ1v) is 7.11. The van der Waals surface area contributed by atoms with Gasteiger partial charge in [-0.2, -0.15) is 9.97 Å². The van der Waals surface area contributed by atoms with Crippen molar-refractivity contribution in [2.24, 2.45) is 5.92 Å². The third kappa shape index (κ3) is 3.41. The zero-order chi connectivity index (χ0) is 13.8. The zero-order valence-electron chi connectivity index (χ0n) is 11.6. The summed E-state index contributed by atoms with van der Waals surface area (Å²) >= 11 is 0. The zero-order valence-corrected chi connectivity index (χ0v) is 11.6. The third-order valence-corrected chi connectivity index (χ3v) is 3.62. The molecule has 1 fully saturated rings. The van der Waals surface area contributed by atoms with Gasteiger partial charge in [0.2, 0.25) is 11.8 Å². The molecule has 1 aliphatic heterocycles. The van der Waals surface area contributed by atoms with E-state index in [2.05, 4.69) is 25.6 Å². The van der Waals surface area contributed by atoms with E-state index in [4.69, 9.17) is 9.05 Å². The summed E-state index contributed by atoms with van der Waals surface area (Å²) in [4.78, 5) is 8.51. The fourth-order valence-corrected chi connectivity index (χ4v) is 2.52. The molecule has 0 aliphatic carbocycles. The highest BCUT2D eigenvalue weighted by Gasteiger charge is 2.15. The Morgan fingerprint density at radius 2 is 1.85 bits per heavy atom. The molecule has 0 aromatic carbocycles. The van der Waals surface area contributed by atoms with Crippen molar-refractivity contribution in [2.75, 3.05) is 13.1 Å². The maximum atomic E-state index is 5.27. The van der Waals surface area contributed by atoms with E-state index < -0.39 is 0 Å². The second-order valence-corrected chi connectivity index (χ2v) is 5.24. The summed E-state index contributed by atoms with van der Waals surface area (Å²) in [5.41, 5.74) is 0. The monoisotopic (exact) mass is 277 g/mol. The van der Waals surface area contributed by atoms with Gasteiger partial charge in [0.25, 0.3) is 0 Å². The Bertz CT molecular complexity index is 544. The molecule has 0 spiro atoms. The molecule has 3 heterocycles. The largest absolute Gasteiger partial charge is 0.340 e. The predicted molar refractivity (Wildman–Crippen MR) is 70.1 cm³/mol. The summed E-state index contributed by atoms with van der Waals surface area (Å²) in [5, 5.41) is 11.2. The molecule has 1 aliphatic rings. The smallest absolute Gasteiger partial charge is 0.226 e. The fraction of sp³-hybridized carbons (Fsp3) is 0.692. The number of hydrogen-bond acceptors (Lipinski definition) is 7. The van der Waals surface area contributed by atoms with Crippen LogP contribution in [0.4, 0.5) is 0 Å². The first-order chi connectivity index (χ1) is 9.79. The van der Waals surface area contributed by atoms with Crippen LogP contribution < -0.4 is 5.32 Å². The van der Waals surface area contributed by atoms with E-state index >= 15 is 0 Å². The lowest BCUT2D eigenvalue weighted by Crippen LogP contribution is -2.27. The van der Waals surface area contributed by atoms with Crippen LogP contribution in [0, 0.1) is 12.8 Å². The second kappa shape index (κ2) is 6.13. The summed E-state index contributed by atoms with van der Waals surface area (Å²) in [6.45, 7) is 4.01. The van der Waals surface area contributed by atoms with Crippen LogP contribution in [-0.4, -0.2) is 33.4 Å². The maximum absolute atomic E-state index is 5.27. The van der Waals surface area contributed by atoms with E-state index in [1.165, 1.54) is 12.8 Å². The Labute approximate surface area is 117 Å². The summed E-state index contributed by atoms with van der Waals surface area (Å²) in [6.07, 6.45) is 4.90. The van der Waals surface area contributed by atoms with Gasteiger partial charge in [-0.1, -0.05) is 10.3 Å². The molecular formula is C13H19N5O2. The molecule has 7 nitrogen and oxygen atoms in total. The molecule has 0 saturated carbocycles. The van der Waals surface area contributed by atoms with Gasteiger partial charge in [0.1, 0.15) is 0 Å². The molecule has 20 heavy (non-hydrogen) atoms. The van der Waals surface area contributed by atoms with Crippen LogP contribution in [0.3, 0.4) is 0 Å². The van der Waals surface area contributed by atoms with Crippen LogP contribution in [0.2, 0.25) is 0 Å². The van der Waals surface area contributed by atoms with Gasteiger partial charge in [0.15, 0.2) is 11.6 Å². The highest BCUT2D eigenvalue weighted by atomic mass is 16.5. The van der Waals surface area contributed by atoms with Gasteiger partial charge in [-0.3, -0.25) is 0 Å². The minimum atomic E-state index is 0.453. The Balaban J connectivity index is 1.51. The van der Waals surface area contributed by atoms with Crippen molar-refractivity contribution in [3.8, 4) is 0 Å². The van der Waals surface area contributed by atoms with E-state index in [9.17, 15) is 0 Å². The Hall–Kier alpha value is -1.76. The van der Waals surface area contributed by atoms with Crippen LogP contribution in [0.1, 0.15) is 42.7 Å². The maximum Gasteiger partial charge on any atom is 0.226 e. The lowest BCUT2D eigenvalue weighted by molar-refractivity contribution is 0.323. The summed E-state index contributed by atoms with van der Waals surface area (Å²) in [7, 11) is 0. The minimum Gasteiger partial charge on any atom is -0.340 e. The standard InChI is InChI=1S/C13H19N5O2/c1-9-15-11(17-19-9)8-12-16-13(20-18-12)3-2-10-4-6-14-7-5-10/h10,14H,2-8H2,1H3. The number of piperidine rings is 1. The predicted octanol–water partition coefficient (Wildman–Crippen LogP) is 1.28. The van der Waals surface area contributed by atoms with Crippen LogP contribution >= 0.6 is 0 Å². The highest BCUT2D eigenvalue weighted by molar-refractivity contribution is 4.98. The van der Waals surface area contributed by atoms with Crippen LogP contribution in [0.15, 0.2) is 9.05 Å². The van der Waals surface area contributed by atoms with Gasteiger partial charge in [0, 0.05) is 13.3 Å². The number of aromatic nitrogens is 4. The van der Waals surface area contributed by atoms with E-state index in [-0.39, 0.29) is 0 Å². The molecule has 0 bridgehead atoms. The molecule has 7 heteroatoms. The third-order valence-electron chi connectivity index (χ3n) is 3.62. The van der Waals surface area contributed by atoms with Crippen molar-refractivity contribution in [2.45, 2.75) is 39.0 Å². The summed E-state index contributed by atoms with van der Waals surface area (Å²) in [5.74, 6) is 3.24. The first kappa shape index (κ1) is 13.2. The second-order valence-electron chi connectivity index (χ2n) is 5.24. The Morgan fingerprint density at radius 3 is 2.60 bits per heavy atom. The topological polar surface area (TPSA) is 89.9 Å². The molecular weight excluding hydrogens is 258 g/mol. The van der Waals surface area contributed by atoms with E-state index in [0.717, 1.165) is 31.8 Å². The van der Waals surface area contributed by atoms with Crippen molar-refractivity contribution in [3.63, 3.8) is 0 Å². The SMILES string of the molecule is Cc1nc(Cc2noc(CCC3CCNCC3)n2)no1. The van der Waals surface area contributed by atoms with Crippen molar-refractivity contribution >= 4 is 0 Å². The molecule has 0 radical (unpaired) electrons. The molecule has 2 aromatic heterocycles. The number of nitrogens with one attached hydrogen (secondary N) is 1. The van der Waals surface area contributed by atoms with Crippen LogP contribution in [-0.2, 0) is 12.8 Å². The van der Waals surface area contributed by atoms with Gasteiger partial charge in [-0.15, -0.1) is 0 Å². The lowest BCUT2D eigenvalue weighted by Gasteiger charge is -2.21. The van der Waals surface area contributed by atoms with Gasteiger partial charge in [-0.25, -0.2) is 0 Å². The van der Waals surface area contributed by atoms with Gasteiger partial charge in [0.05, 0.1) is 6.42 Å². The first-order valence-electron chi connectivity index (χ1n) is 7.11. The molecule has 1 N–H and O–H groups in total. The molecule has 3 rings (SSSR count). The van der Waals surface area contributed by atoms with Gasteiger partial charge in [-0.05, 0) is 38.3 Å². The number of hydrogen-bond donors (Lipinski definition) is 1. The number of aryl methyl sites for hydroxylation is 2. The van der Waals surface area contributed by atoms with E-state index in [0.29, 0.717) is 29.9 Å². The minimum absolute atomic E-state index is 0.453. The van der Waals surface area contributed by atoms with Gasteiger partial charge >= 0.3 is 0 Å². The molecule has 0 atom stereocenters. The van der Waals surface area contributed by atoms with E-state index in [1.54, 1.807) is 6.92 Å². The van der Waals surface area contributed by atoms with Gasteiger partial charge < -0.3 is 14.4 Å². The Morgan fingerprint density at radius 1 is 1.10 bits per heavy atom. The lowest BCUT2D eigenvalue weighted by atomic mass is 9.93.